The number of para-hydroxylation sites is 1. The van der Waals surface area contributed by atoms with Crippen molar-refractivity contribution in [2.75, 3.05) is 11.9 Å². The Morgan fingerprint density at radius 3 is 2.72 bits per heavy atom. The van der Waals surface area contributed by atoms with Crippen LogP contribution in [-0.4, -0.2) is 22.5 Å². The van der Waals surface area contributed by atoms with E-state index in [0.29, 0.717) is 39.7 Å². The molecule has 0 spiro atoms. The highest BCUT2D eigenvalue weighted by Crippen LogP contribution is 2.38. The first-order valence-corrected chi connectivity index (χ1v) is 11.9. The molecule has 166 valence electrons. The number of fused-ring (bicyclic) bond motifs is 1. The van der Waals surface area contributed by atoms with E-state index in [4.69, 9.17) is 16.3 Å². The average molecular weight is 470 g/mol. The fourth-order valence-electron chi connectivity index (χ4n) is 3.64. The zero-order valence-corrected chi connectivity index (χ0v) is 19.3. The van der Waals surface area contributed by atoms with Gasteiger partial charge in [-0.2, -0.15) is 0 Å². The third-order valence-corrected chi connectivity index (χ3v) is 6.46. The number of ether oxygens (including phenoxy) is 1. The minimum Gasteiger partial charge on any atom is -0.493 e. The average Bonchev–Trinajstić information content (AvgIpc) is 2.78. The van der Waals surface area contributed by atoms with Crippen molar-refractivity contribution in [1.82, 2.24) is 9.97 Å². The number of carbonyl (C=O) groups excluding carboxylic acids is 1. The van der Waals surface area contributed by atoms with Crippen molar-refractivity contribution < 1.29 is 9.53 Å². The molecule has 1 amide bonds. The summed E-state index contributed by atoms with van der Waals surface area (Å²) in [5, 5.41) is 3.91. The van der Waals surface area contributed by atoms with Gasteiger partial charge in [-0.25, -0.2) is 4.98 Å². The molecule has 0 radical (unpaired) electrons. The third kappa shape index (κ3) is 5.16. The van der Waals surface area contributed by atoms with Gasteiger partial charge in [0.15, 0.2) is 5.16 Å². The Kier molecular flexibility index (Phi) is 7.17. The van der Waals surface area contributed by atoms with Crippen molar-refractivity contribution in [3.8, 4) is 5.75 Å². The molecule has 0 saturated heterocycles. The first-order chi connectivity index (χ1) is 15.5. The summed E-state index contributed by atoms with van der Waals surface area (Å²) in [5.41, 5.74) is 2.10. The predicted octanol–water partition coefficient (Wildman–Crippen LogP) is 5.37. The van der Waals surface area contributed by atoms with Gasteiger partial charge in [0.25, 0.3) is 5.56 Å². The highest BCUT2D eigenvalue weighted by atomic mass is 35.5. The topological polar surface area (TPSA) is 84.1 Å². The number of rotatable bonds is 8. The molecule has 4 rings (SSSR count). The molecule has 0 aliphatic carbocycles. The number of hydrogen-bond donors (Lipinski definition) is 2. The van der Waals surface area contributed by atoms with Gasteiger partial charge in [-0.1, -0.05) is 67.0 Å². The number of nitrogens with zero attached hydrogens (tertiary/aromatic N) is 1. The van der Waals surface area contributed by atoms with Crippen LogP contribution in [0, 0.1) is 0 Å². The maximum Gasteiger partial charge on any atom is 0.257 e. The lowest BCUT2D eigenvalue weighted by atomic mass is 9.86. The van der Waals surface area contributed by atoms with E-state index in [1.807, 2.05) is 48.5 Å². The Morgan fingerprint density at radius 1 is 1.16 bits per heavy atom. The first kappa shape index (κ1) is 22.4. The number of nitrogens with one attached hydrogen (secondary N) is 2. The molecule has 32 heavy (non-hydrogen) atoms. The Morgan fingerprint density at radius 2 is 1.94 bits per heavy atom. The molecule has 1 aliphatic heterocycles. The Hall–Kier alpha value is -2.77. The molecule has 1 aliphatic rings. The summed E-state index contributed by atoms with van der Waals surface area (Å²) in [6.07, 6.45) is 2.13. The van der Waals surface area contributed by atoms with Crippen LogP contribution in [0.3, 0.4) is 0 Å². The van der Waals surface area contributed by atoms with E-state index in [-0.39, 0.29) is 17.9 Å². The van der Waals surface area contributed by atoms with E-state index in [0.717, 1.165) is 24.0 Å². The summed E-state index contributed by atoms with van der Waals surface area (Å²) in [4.78, 5) is 33.0. The predicted molar refractivity (Wildman–Crippen MR) is 128 cm³/mol. The van der Waals surface area contributed by atoms with Crippen LogP contribution < -0.4 is 15.6 Å². The number of benzene rings is 2. The smallest absolute Gasteiger partial charge is 0.257 e. The van der Waals surface area contributed by atoms with E-state index in [9.17, 15) is 9.59 Å². The highest BCUT2D eigenvalue weighted by molar-refractivity contribution is 7.98. The SMILES string of the molecule is CCCCOc1ccccc1[C@@H]1CC(=O)Nc2nc(SCc3ccc(Cl)cc3)[nH]c(=O)c21. The van der Waals surface area contributed by atoms with Gasteiger partial charge < -0.3 is 15.0 Å². The highest BCUT2D eigenvalue weighted by Gasteiger charge is 2.32. The summed E-state index contributed by atoms with van der Waals surface area (Å²) in [7, 11) is 0. The Bertz CT molecular complexity index is 1160. The van der Waals surface area contributed by atoms with Crippen molar-refractivity contribution in [3.63, 3.8) is 0 Å². The number of hydrogen-bond acceptors (Lipinski definition) is 5. The van der Waals surface area contributed by atoms with Crippen LogP contribution in [0.1, 0.15) is 48.8 Å². The molecule has 0 saturated carbocycles. The van der Waals surface area contributed by atoms with Crippen molar-refractivity contribution in [3.05, 3.63) is 80.6 Å². The molecule has 0 unspecified atom stereocenters. The van der Waals surface area contributed by atoms with Gasteiger partial charge >= 0.3 is 0 Å². The van der Waals surface area contributed by atoms with Gasteiger partial charge in [-0.3, -0.25) is 9.59 Å². The quantitative estimate of drug-likeness (QED) is 0.263. The number of unbranched alkanes of at least 4 members (excludes halogenated alkanes) is 1. The van der Waals surface area contributed by atoms with Crippen LogP contribution in [0.15, 0.2) is 58.5 Å². The molecule has 1 atom stereocenters. The molecule has 6 nitrogen and oxygen atoms in total. The molecule has 3 aromatic rings. The molecule has 1 aromatic heterocycles. The van der Waals surface area contributed by atoms with E-state index in [1.165, 1.54) is 11.8 Å². The molecule has 8 heteroatoms. The number of amides is 1. The van der Waals surface area contributed by atoms with E-state index in [2.05, 4.69) is 22.2 Å². The zero-order chi connectivity index (χ0) is 22.5. The number of thioether (sulfide) groups is 1. The minimum atomic E-state index is -0.414. The fraction of sp³-hybridized carbons (Fsp3) is 0.292. The Labute approximate surface area is 195 Å². The van der Waals surface area contributed by atoms with Gasteiger partial charge in [0, 0.05) is 28.7 Å². The number of aromatic amines is 1. The molecule has 0 bridgehead atoms. The van der Waals surface area contributed by atoms with Crippen molar-refractivity contribution in [1.29, 1.82) is 0 Å². The summed E-state index contributed by atoms with van der Waals surface area (Å²) in [5.74, 6) is 1.05. The second-order valence-corrected chi connectivity index (χ2v) is 8.99. The number of anilines is 1. The van der Waals surface area contributed by atoms with Crippen LogP contribution in [-0.2, 0) is 10.5 Å². The molecule has 2 heterocycles. The van der Waals surface area contributed by atoms with Gasteiger partial charge in [0.05, 0.1) is 12.2 Å². The van der Waals surface area contributed by atoms with Crippen molar-refractivity contribution in [2.45, 2.75) is 43.0 Å². The molecular weight excluding hydrogens is 446 g/mol. The zero-order valence-electron chi connectivity index (χ0n) is 17.7. The normalized spacial score (nSPS) is 15.2. The second-order valence-electron chi connectivity index (χ2n) is 7.59. The maximum atomic E-state index is 13.1. The molecule has 2 aromatic carbocycles. The third-order valence-electron chi connectivity index (χ3n) is 5.27. The lowest BCUT2D eigenvalue weighted by molar-refractivity contribution is -0.116. The summed E-state index contributed by atoms with van der Waals surface area (Å²) < 4.78 is 5.96. The van der Waals surface area contributed by atoms with Gasteiger partial charge in [-0.05, 0) is 30.2 Å². The lowest BCUT2D eigenvalue weighted by Gasteiger charge is -2.26. The fourth-order valence-corrected chi connectivity index (χ4v) is 4.59. The maximum absolute atomic E-state index is 13.1. The first-order valence-electron chi connectivity index (χ1n) is 10.6. The standard InChI is InChI=1S/C24H24ClN3O3S/c1-2-3-12-31-19-7-5-4-6-17(19)18-13-20(29)26-22-21(18)23(30)28-24(27-22)32-14-15-8-10-16(25)11-9-15/h4-11,18H,2-3,12-14H2,1H3,(H2,26,27,28,29,30)/t18-/m0/s1. The minimum absolute atomic E-state index is 0.169. The largest absolute Gasteiger partial charge is 0.493 e. The Balaban J connectivity index is 1.62. The summed E-state index contributed by atoms with van der Waals surface area (Å²) >= 11 is 7.33. The van der Waals surface area contributed by atoms with E-state index >= 15 is 0 Å². The van der Waals surface area contributed by atoms with E-state index in [1.54, 1.807) is 0 Å². The van der Waals surface area contributed by atoms with Crippen LogP contribution >= 0.6 is 23.4 Å². The molecule has 0 fully saturated rings. The van der Waals surface area contributed by atoms with Gasteiger partial charge in [0.2, 0.25) is 5.91 Å². The summed E-state index contributed by atoms with van der Waals surface area (Å²) in [6.45, 7) is 2.69. The van der Waals surface area contributed by atoms with Crippen LogP contribution in [0.2, 0.25) is 5.02 Å². The number of H-pyrrole nitrogens is 1. The van der Waals surface area contributed by atoms with Crippen molar-refractivity contribution in [2.24, 2.45) is 0 Å². The lowest BCUT2D eigenvalue weighted by Crippen LogP contribution is -2.31. The summed E-state index contributed by atoms with van der Waals surface area (Å²) in [6, 6.07) is 15.1. The number of carbonyl (C=O) groups is 1. The van der Waals surface area contributed by atoms with Crippen LogP contribution in [0.4, 0.5) is 5.82 Å². The number of halogens is 1. The molecular formula is C24H24ClN3O3S. The van der Waals surface area contributed by atoms with Gasteiger partial charge in [-0.15, -0.1) is 0 Å². The van der Waals surface area contributed by atoms with Crippen LogP contribution in [0.25, 0.3) is 0 Å². The number of aromatic nitrogens is 2. The van der Waals surface area contributed by atoms with E-state index < -0.39 is 5.92 Å². The van der Waals surface area contributed by atoms with Gasteiger partial charge in [0.1, 0.15) is 11.6 Å². The van der Waals surface area contributed by atoms with Crippen molar-refractivity contribution >= 4 is 35.1 Å². The second kappa shape index (κ2) is 10.2. The monoisotopic (exact) mass is 469 g/mol. The van der Waals surface area contributed by atoms with Crippen LogP contribution in [0.5, 0.6) is 5.75 Å². The molecule has 2 N–H and O–H groups in total.